The Labute approximate surface area is 151 Å². The van der Waals surface area contributed by atoms with E-state index in [4.69, 9.17) is 4.74 Å². The van der Waals surface area contributed by atoms with E-state index >= 15 is 0 Å². The lowest BCUT2D eigenvalue weighted by molar-refractivity contribution is 0.113. The summed E-state index contributed by atoms with van der Waals surface area (Å²) in [6, 6.07) is 0.728. The summed E-state index contributed by atoms with van der Waals surface area (Å²) in [6.45, 7) is 6.67. The molecule has 3 rings (SSSR count). The molecule has 0 aromatic rings. The Bertz CT molecular complexity index is 354. The minimum Gasteiger partial charge on any atom is -0.376 e. The van der Waals surface area contributed by atoms with E-state index in [9.17, 15) is 0 Å². The Morgan fingerprint density at radius 2 is 1.95 bits per heavy atom. The highest BCUT2D eigenvalue weighted by Gasteiger charge is 2.30. The highest BCUT2D eigenvalue weighted by molar-refractivity contribution is 14.0. The van der Waals surface area contributed by atoms with Crippen molar-refractivity contribution >= 4 is 29.9 Å². The molecule has 0 bridgehead atoms. The highest BCUT2D eigenvalue weighted by atomic mass is 127. The van der Waals surface area contributed by atoms with Crippen LogP contribution in [-0.2, 0) is 4.74 Å². The van der Waals surface area contributed by atoms with Crippen molar-refractivity contribution < 1.29 is 4.74 Å². The molecule has 128 valence electrons. The van der Waals surface area contributed by atoms with Gasteiger partial charge in [0.05, 0.1) is 6.10 Å². The number of nitrogens with zero attached hydrogens (tertiary/aromatic N) is 3. The normalized spacial score (nSPS) is 30.4. The first-order chi connectivity index (χ1) is 10.4. The summed E-state index contributed by atoms with van der Waals surface area (Å²) >= 11 is 0. The van der Waals surface area contributed by atoms with Gasteiger partial charge >= 0.3 is 0 Å². The van der Waals surface area contributed by atoms with Crippen molar-refractivity contribution in [2.75, 3.05) is 46.4 Å². The number of rotatable bonds is 3. The third kappa shape index (κ3) is 4.71. The summed E-state index contributed by atoms with van der Waals surface area (Å²) in [7, 11) is 1.89. The number of guanidine groups is 1. The molecule has 22 heavy (non-hydrogen) atoms. The fourth-order valence-electron chi connectivity index (χ4n) is 3.86. The number of hydrogen-bond donors (Lipinski definition) is 1. The maximum Gasteiger partial charge on any atom is 0.193 e. The Morgan fingerprint density at radius 1 is 1.14 bits per heavy atom. The summed E-state index contributed by atoms with van der Waals surface area (Å²) in [5.41, 5.74) is 0. The molecule has 3 saturated heterocycles. The molecule has 0 radical (unpaired) electrons. The van der Waals surface area contributed by atoms with Crippen LogP contribution < -0.4 is 5.32 Å². The molecular formula is C16H31IN4O. The quantitative estimate of drug-likeness (QED) is 0.429. The predicted molar refractivity (Wildman–Crippen MR) is 101 cm³/mol. The van der Waals surface area contributed by atoms with Crippen LogP contribution in [0.3, 0.4) is 0 Å². The molecule has 0 amide bonds. The average molecular weight is 422 g/mol. The molecule has 3 aliphatic rings. The zero-order valence-electron chi connectivity index (χ0n) is 13.8. The molecule has 2 atom stereocenters. The summed E-state index contributed by atoms with van der Waals surface area (Å²) in [6.07, 6.45) is 8.21. The third-order valence-electron chi connectivity index (χ3n) is 5.09. The lowest BCUT2D eigenvalue weighted by Crippen LogP contribution is -2.46. The van der Waals surface area contributed by atoms with Crippen molar-refractivity contribution in [1.29, 1.82) is 0 Å². The van der Waals surface area contributed by atoms with E-state index in [0.29, 0.717) is 6.10 Å². The van der Waals surface area contributed by atoms with Crippen LogP contribution in [0.1, 0.15) is 38.5 Å². The zero-order valence-corrected chi connectivity index (χ0v) is 16.1. The van der Waals surface area contributed by atoms with Gasteiger partial charge in [-0.1, -0.05) is 6.42 Å². The molecule has 0 aromatic heterocycles. The first-order valence-electron chi connectivity index (χ1n) is 8.68. The van der Waals surface area contributed by atoms with E-state index in [1.165, 1.54) is 51.6 Å². The van der Waals surface area contributed by atoms with Crippen LogP contribution in [0, 0.1) is 0 Å². The van der Waals surface area contributed by atoms with Gasteiger partial charge in [0.1, 0.15) is 0 Å². The lowest BCUT2D eigenvalue weighted by Gasteiger charge is -2.32. The third-order valence-corrected chi connectivity index (χ3v) is 5.09. The maximum absolute atomic E-state index is 5.68. The molecule has 6 heteroatoms. The topological polar surface area (TPSA) is 40.1 Å². The highest BCUT2D eigenvalue weighted by Crippen LogP contribution is 2.20. The van der Waals surface area contributed by atoms with Gasteiger partial charge in [-0.05, 0) is 45.2 Å². The number of ether oxygens (including phenoxy) is 1. The summed E-state index contributed by atoms with van der Waals surface area (Å²) in [4.78, 5) is 9.58. The van der Waals surface area contributed by atoms with Gasteiger partial charge in [0.25, 0.3) is 0 Å². The van der Waals surface area contributed by atoms with Crippen LogP contribution >= 0.6 is 24.0 Å². The van der Waals surface area contributed by atoms with E-state index in [-0.39, 0.29) is 24.0 Å². The smallest absolute Gasteiger partial charge is 0.193 e. The standard InChI is InChI=1S/C16H30N4O.HI/c1-17-16(18-12-15-6-5-11-21-15)20-10-7-14(13-20)19-8-3-2-4-9-19;/h14-15H,2-13H2,1H3,(H,17,18);1H. The Kier molecular flexibility index (Phi) is 7.70. The SMILES string of the molecule is CN=C(NCC1CCCO1)N1CCC(N2CCCCC2)C1.I. The minimum absolute atomic E-state index is 0. The summed E-state index contributed by atoms with van der Waals surface area (Å²) in [5, 5.41) is 3.51. The minimum atomic E-state index is 0. The van der Waals surface area contributed by atoms with Gasteiger partial charge in [-0.25, -0.2) is 0 Å². The van der Waals surface area contributed by atoms with E-state index in [1.807, 2.05) is 7.05 Å². The number of nitrogens with one attached hydrogen (secondary N) is 1. The molecule has 3 aliphatic heterocycles. The molecule has 3 heterocycles. The number of likely N-dealkylation sites (tertiary alicyclic amines) is 2. The molecule has 0 saturated carbocycles. The predicted octanol–water partition coefficient (Wildman–Crippen LogP) is 1.92. The molecule has 1 N–H and O–H groups in total. The molecule has 0 aliphatic carbocycles. The maximum atomic E-state index is 5.68. The molecular weight excluding hydrogens is 391 g/mol. The second kappa shape index (κ2) is 9.27. The Morgan fingerprint density at radius 3 is 2.64 bits per heavy atom. The van der Waals surface area contributed by atoms with E-state index in [2.05, 4.69) is 20.1 Å². The summed E-state index contributed by atoms with van der Waals surface area (Å²) < 4.78 is 5.68. The molecule has 2 unspecified atom stereocenters. The fourth-order valence-corrected chi connectivity index (χ4v) is 3.86. The van der Waals surface area contributed by atoms with E-state index in [0.717, 1.165) is 38.2 Å². The number of hydrogen-bond acceptors (Lipinski definition) is 3. The molecule has 0 aromatic carbocycles. The van der Waals surface area contributed by atoms with Crippen molar-refractivity contribution in [3.8, 4) is 0 Å². The average Bonchev–Trinajstić information content (AvgIpc) is 3.20. The van der Waals surface area contributed by atoms with Crippen LogP contribution in [0.4, 0.5) is 0 Å². The van der Waals surface area contributed by atoms with E-state index < -0.39 is 0 Å². The van der Waals surface area contributed by atoms with Crippen molar-refractivity contribution in [2.24, 2.45) is 4.99 Å². The van der Waals surface area contributed by atoms with Gasteiger partial charge in [-0.15, -0.1) is 24.0 Å². The van der Waals surface area contributed by atoms with Gasteiger partial charge in [-0.2, -0.15) is 0 Å². The van der Waals surface area contributed by atoms with Crippen molar-refractivity contribution in [3.05, 3.63) is 0 Å². The van der Waals surface area contributed by atoms with Gasteiger partial charge in [0, 0.05) is 39.3 Å². The van der Waals surface area contributed by atoms with Crippen LogP contribution in [0.2, 0.25) is 0 Å². The van der Waals surface area contributed by atoms with E-state index in [1.54, 1.807) is 0 Å². The Balaban J connectivity index is 0.00000176. The fraction of sp³-hybridized carbons (Fsp3) is 0.938. The van der Waals surface area contributed by atoms with Crippen LogP contribution in [0.25, 0.3) is 0 Å². The number of aliphatic imine (C=N–C) groups is 1. The van der Waals surface area contributed by atoms with Crippen LogP contribution in [0.5, 0.6) is 0 Å². The zero-order chi connectivity index (χ0) is 14.5. The van der Waals surface area contributed by atoms with Crippen LogP contribution in [0.15, 0.2) is 4.99 Å². The van der Waals surface area contributed by atoms with Crippen LogP contribution in [-0.4, -0.2) is 74.3 Å². The molecule has 0 spiro atoms. The second-order valence-electron chi connectivity index (χ2n) is 6.55. The van der Waals surface area contributed by atoms with Gasteiger partial charge < -0.3 is 15.0 Å². The summed E-state index contributed by atoms with van der Waals surface area (Å²) in [5.74, 6) is 1.06. The lowest BCUT2D eigenvalue weighted by atomic mass is 10.1. The monoisotopic (exact) mass is 422 g/mol. The van der Waals surface area contributed by atoms with Crippen molar-refractivity contribution in [1.82, 2.24) is 15.1 Å². The largest absolute Gasteiger partial charge is 0.376 e. The second-order valence-corrected chi connectivity index (χ2v) is 6.55. The molecule has 5 nitrogen and oxygen atoms in total. The van der Waals surface area contributed by atoms with Gasteiger partial charge in [0.15, 0.2) is 5.96 Å². The first kappa shape index (κ1) is 18.3. The van der Waals surface area contributed by atoms with Gasteiger partial charge in [0.2, 0.25) is 0 Å². The van der Waals surface area contributed by atoms with Gasteiger partial charge in [-0.3, -0.25) is 9.89 Å². The number of halogens is 1. The molecule has 3 fully saturated rings. The van der Waals surface area contributed by atoms with Crippen molar-refractivity contribution in [2.45, 2.75) is 50.7 Å². The Hall–Kier alpha value is -0.0800. The first-order valence-corrected chi connectivity index (χ1v) is 8.68. The van der Waals surface area contributed by atoms with Crippen molar-refractivity contribution in [3.63, 3.8) is 0 Å². The number of piperidine rings is 1.